The maximum absolute atomic E-state index is 14.0. The van der Waals surface area contributed by atoms with Crippen LogP contribution in [-0.2, 0) is 4.79 Å². The Kier molecular flexibility index (Phi) is 3.97. The van der Waals surface area contributed by atoms with E-state index in [-0.39, 0.29) is 29.6 Å². The van der Waals surface area contributed by atoms with Gasteiger partial charge in [-0.1, -0.05) is 0 Å². The van der Waals surface area contributed by atoms with Crippen molar-refractivity contribution in [2.24, 2.45) is 5.92 Å². The number of nitrogens with zero attached hydrogens (tertiary/aromatic N) is 3. The van der Waals surface area contributed by atoms with Gasteiger partial charge >= 0.3 is 5.97 Å². The lowest BCUT2D eigenvalue weighted by Gasteiger charge is -2.37. The summed E-state index contributed by atoms with van der Waals surface area (Å²) >= 11 is 0. The Labute approximate surface area is 149 Å². The summed E-state index contributed by atoms with van der Waals surface area (Å²) in [6.45, 7) is 1.76. The SMILES string of the molecule is Cc1cc(-c2cc(C(=O)N3[C@@H]4CC[C@H]3C[C@H](C(=O)O)C4)n[nH]2)c(F)cn1. The van der Waals surface area contributed by atoms with Crippen LogP contribution < -0.4 is 0 Å². The molecule has 4 heterocycles. The van der Waals surface area contributed by atoms with Gasteiger partial charge in [0.05, 0.1) is 17.8 Å². The molecule has 0 aromatic carbocycles. The molecule has 0 saturated carbocycles. The van der Waals surface area contributed by atoms with Crippen molar-refractivity contribution in [3.63, 3.8) is 0 Å². The van der Waals surface area contributed by atoms with Crippen LogP contribution in [0.1, 0.15) is 41.9 Å². The molecule has 2 aliphatic rings. The highest BCUT2D eigenvalue weighted by Gasteiger charge is 2.45. The molecule has 8 heteroatoms. The molecular formula is C18H19FN4O3. The van der Waals surface area contributed by atoms with Crippen LogP contribution >= 0.6 is 0 Å². The van der Waals surface area contributed by atoms with Crippen molar-refractivity contribution in [2.75, 3.05) is 0 Å². The van der Waals surface area contributed by atoms with Crippen LogP contribution in [0.2, 0.25) is 0 Å². The first kappa shape index (κ1) is 16.7. The van der Waals surface area contributed by atoms with Crippen LogP contribution in [0.15, 0.2) is 18.3 Å². The van der Waals surface area contributed by atoms with E-state index in [2.05, 4.69) is 15.2 Å². The number of fused-ring (bicyclic) bond motifs is 2. The second-order valence-electron chi connectivity index (χ2n) is 7.08. The number of aryl methyl sites for hydroxylation is 1. The molecule has 2 aliphatic heterocycles. The van der Waals surface area contributed by atoms with Crippen molar-refractivity contribution in [1.82, 2.24) is 20.1 Å². The van der Waals surface area contributed by atoms with E-state index in [9.17, 15) is 19.1 Å². The first-order valence-corrected chi connectivity index (χ1v) is 8.67. The van der Waals surface area contributed by atoms with Crippen molar-refractivity contribution < 1.29 is 19.1 Å². The van der Waals surface area contributed by atoms with E-state index in [1.165, 1.54) is 0 Å². The number of carbonyl (C=O) groups is 2. The Balaban J connectivity index is 1.58. The minimum atomic E-state index is -0.792. The molecule has 2 aromatic rings. The number of amides is 1. The van der Waals surface area contributed by atoms with Crippen LogP contribution in [-0.4, -0.2) is 49.1 Å². The Morgan fingerprint density at radius 1 is 1.27 bits per heavy atom. The first-order chi connectivity index (χ1) is 12.4. The lowest BCUT2D eigenvalue weighted by molar-refractivity contribution is -0.144. The summed E-state index contributed by atoms with van der Waals surface area (Å²) < 4.78 is 14.0. The third-order valence-corrected chi connectivity index (χ3v) is 5.40. The molecule has 0 aliphatic carbocycles. The molecule has 0 spiro atoms. The van der Waals surface area contributed by atoms with E-state index in [1.54, 1.807) is 24.0 Å². The number of aliphatic carboxylic acids is 1. The maximum atomic E-state index is 14.0. The first-order valence-electron chi connectivity index (χ1n) is 8.67. The van der Waals surface area contributed by atoms with E-state index in [1.807, 2.05) is 0 Å². The zero-order valence-electron chi connectivity index (χ0n) is 14.3. The Morgan fingerprint density at radius 3 is 2.62 bits per heavy atom. The fraction of sp³-hybridized carbons (Fsp3) is 0.444. The van der Waals surface area contributed by atoms with Gasteiger partial charge < -0.3 is 10.0 Å². The summed E-state index contributed by atoms with van der Waals surface area (Å²) in [6, 6.07) is 3.01. The zero-order valence-corrected chi connectivity index (χ0v) is 14.3. The number of rotatable bonds is 3. The molecular weight excluding hydrogens is 339 g/mol. The van der Waals surface area contributed by atoms with Crippen molar-refractivity contribution in [2.45, 2.75) is 44.7 Å². The van der Waals surface area contributed by atoms with Gasteiger partial charge in [-0.3, -0.25) is 19.7 Å². The highest BCUT2D eigenvalue weighted by atomic mass is 19.1. The summed E-state index contributed by atoms with van der Waals surface area (Å²) in [5.74, 6) is -1.89. The number of hydrogen-bond donors (Lipinski definition) is 2. The summed E-state index contributed by atoms with van der Waals surface area (Å²) in [5.41, 5.74) is 1.62. The topological polar surface area (TPSA) is 99.2 Å². The number of nitrogens with one attached hydrogen (secondary N) is 1. The molecule has 2 aromatic heterocycles. The predicted octanol–water partition coefficient (Wildman–Crippen LogP) is 2.39. The summed E-state index contributed by atoms with van der Waals surface area (Å²) in [7, 11) is 0. The number of aromatic nitrogens is 3. The standard InChI is InChI=1S/C18H19FN4O3/c1-9-4-13(14(19)8-20-9)15-7-16(22-21-15)17(24)23-11-2-3-12(23)6-10(5-11)18(25)26/h4,7-8,10-12H,2-3,5-6H2,1H3,(H,21,22)(H,25,26)/t10-,11-,12+. The Morgan fingerprint density at radius 2 is 1.96 bits per heavy atom. The van der Waals surface area contributed by atoms with Crippen molar-refractivity contribution in [3.05, 3.63) is 35.5 Å². The van der Waals surface area contributed by atoms with Gasteiger partial charge in [0, 0.05) is 23.3 Å². The number of piperidine rings is 1. The lowest BCUT2D eigenvalue weighted by Crippen LogP contribution is -2.48. The zero-order chi connectivity index (χ0) is 18.4. The smallest absolute Gasteiger partial charge is 0.306 e. The fourth-order valence-corrected chi connectivity index (χ4v) is 4.16. The number of carboxylic acid groups (broad SMARTS) is 1. The number of H-pyrrole nitrogens is 1. The largest absolute Gasteiger partial charge is 0.481 e. The van der Waals surface area contributed by atoms with Crippen LogP contribution in [0.5, 0.6) is 0 Å². The van der Waals surface area contributed by atoms with Crippen molar-refractivity contribution in [1.29, 1.82) is 0 Å². The summed E-state index contributed by atoms with van der Waals surface area (Å²) in [5, 5.41) is 16.1. The monoisotopic (exact) mass is 358 g/mol. The molecule has 26 heavy (non-hydrogen) atoms. The average Bonchev–Trinajstić information content (AvgIpc) is 3.19. The number of hydrogen-bond acceptors (Lipinski definition) is 4. The van der Waals surface area contributed by atoms with Gasteiger partial charge in [-0.15, -0.1) is 0 Å². The molecule has 4 rings (SSSR count). The summed E-state index contributed by atoms with van der Waals surface area (Å²) in [4.78, 5) is 29.9. The maximum Gasteiger partial charge on any atom is 0.306 e. The van der Waals surface area contributed by atoms with E-state index in [0.29, 0.717) is 29.8 Å². The van der Waals surface area contributed by atoms with Crippen LogP contribution in [0.25, 0.3) is 11.3 Å². The molecule has 2 N–H and O–H groups in total. The van der Waals surface area contributed by atoms with E-state index >= 15 is 0 Å². The van der Waals surface area contributed by atoms with Crippen LogP contribution in [0, 0.1) is 18.7 Å². The van der Waals surface area contributed by atoms with Gasteiger partial charge in [0.2, 0.25) is 0 Å². The number of aromatic amines is 1. The number of carbonyl (C=O) groups excluding carboxylic acids is 1. The minimum Gasteiger partial charge on any atom is -0.481 e. The van der Waals surface area contributed by atoms with Gasteiger partial charge in [-0.2, -0.15) is 5.10 Å². The fourth-order valence-electron chi connectivity index (χ4n) is 4.16. The molecule has 0 unspecified atom stereocenters. The van der Waals surface area contributed by atoms with E-state index < -0.39 is 11.8 Å². The normalized spacial score (nSPS) is 24.7. The number of carboxylic acids is 1. The third kappa shape index (κ3) is 2.75. The minimum absolute atomic E-state index is 0.0672. The third-order valence-electron chi connectivity index (χ3n) is 5.40. The second-order valence-corrected chi connectivity index (χ2v) is 7.08. The Hall–Kier alpha value is -2.77. The van der Waals surface area contributed by atoms with Crippen molar-refractivity contribution >= 4 is 11.9 Å². The quantitative estimate of drug-likeness (QED) is 0.878. The predicted molar refractivity (Wildman–Crippen MR) is 89.9 cm³/mol. The van der Waals surface area contributed by atoms with Crippen LogP contribution in [0.3, 0.4) is 0 Å². The number of pyridine rings is 1. The van der Waals surface area contributed by atoms with Crippen LogP contribution in [0.4, 0.5) is 4.39 Å². The average molecular weight is 358 g/mol. The highest BCUT2D eigenvalue weighted by Crippen LogP contribution is 2.39. The van der Waals surface area contributed by atoms with Gasteiger partial charge in [0.15, 0.2) is 11.5 Å². The van der Waals surface area contributed by atoms with E-state index in [0.717, 1.165) is 19.0 Å². The molecule has 3 atom stereocenters. The van der Waals surface area contributed by atoms with Gasteiger partial charge in [0.25, 0.3) is 5.91 Å². The molecule has 2 saturated heterocycles. The van der Waals surface area contributed by atoms with Gasteiger partial charge in [-0.25, -0.2) is 4.39 Å². The van der Waals surface area contributed by atoms with Crippen molar-refractivity contribution in [3.8, 4) is 11.3 Å². The molecule has 2 bridgehead atoms. The highest BCUT2D eigenvalue weighted by molar-refractivity contribution is 5.94. The molecule has 7 nitrogen and oxygen atoms in total. The lowest BCUT2D eigenvalue weighted by atomic mass is 9.90. The van der Waals surface area contributed by atoms with Gasteiger partial charge in [0.1, 0.15) is 0 Å². The Bertz CT molecular complexity index is 867. The molecule has 1 amide bonds. The summed E-state index contributed by atoms with van der Waals surface area (Å²) in [6.07, 6.45) is 3.73. The van der Waals surface area contributed by atoms with Gasteiger partial charge in [-0.05, 0) is 44.7 Å². The second kappa shape index (κ2) is 6.19. The molecule has 2 fully saturated rings. The molecule has 0 radical (unpaired) electrons. The molecule has 136 valence electrons. The van der Waals surface area contributed by atoms with E-state index in [4.69, 9.17) is 0 Å². The number of halogens is 1.